The van der Waals surface area contributed by atoms with Crippen LogP contribution in [-0.4, -0.2) is 57.1 Å². The van der Waals surface area contributed by atoms with Crippen LogP contribution in [0.3, 0.4) is 0 Å². The molecule has 1 aliphatic heterocycles. The molecule has 22 heavy (non-hydrogen) atoms. The number of pyridine rings is 1. The van der Waals surface area contributed by atoms with Crippen LogP contribution in [0.2, 0.25) is 0 Å². The molecule has 2 N–H and O–H groups in total. The fraction of sp³-hybridized carbons (Fsp3) is 0.429. The normalized spacial score (nSPS) is 15.9. The Kier molecular flexibility index (Phi) is 4.59. The highest BCUT2D eigenvalue weighted by molar-refractivity contribution is 7.15. The van der Waals surface area contributed by atoms with Crippen molar-refractivity contribution in [3.8, 4) is 0 Å². The number of carbonyl (C=O) groups excluding carboxylic acids is 1. The summed E-state index contributed by atoms with van der Waals surface area (Å²) in [5.41, 5.74) is 6.78. The van der Waals surface area contributed by atoms with Crippen LogP contribution >= 0.6 is 11.3 Å². The van der Waals surface area contributed by atoms with Gasteiger partial charge in [0, 0.05) is 45.1 Å². The van der Waals surface area contributed by atoms with Gasteiger partial charge in [-0.1, -0.05) is 11.3 Å². The third-order valence-electron chi connectivity index (χ3n) is 3.67. The minimum Gasteiger partial charge on any atom is -0.374 e. The predicted octanol–water partition coefficient (Wildman–Crippen LogP) is 0.402. The summed E-state index contributed by atoms with van der Waals surface area (Å²) < 4.78 is 0. The number of rotatable bonds is 4. The molecule has 1 fully saturated rings. The smallest absolute Gasteiger partial charge is 0.229 e. The number of aromatic nitrogens is 3. The first-order valence-corrected chi connectivity index (χ1v) is 7.99. The minimum atomic E-state index is 0.0970. The Balaban J connectivity index is 1.48. The van der Waals surface area contributed by atoms with E-state index in [0.29, 0.717) is 16.6 Å². The summed E-state index contributed by atoms with van der Waals surface area (Å²) in [6, 6.07) is 4.05. The Morgan fingerprint density at radius 3 is 2.55 bits per heavy atom. The van der Waals surface area contributed by atoms with Crippen LogP contribution in [0.15, 0.2) is 24.5 Å². The molecule has 8 heteroatoms. The molecule has 2 aromatic rings. The third-order valence-corrected chi connectivity index (χ3v) is 4.42. The summed E-state index contributed by atoms with van der Waals surface area (Å²) in [6.07, 6.45) is 3.91. The lowest BCUT2D eigenvalue weighted by molar-refractivity contribution is -0.132. The van der Waals surface area contributed by atoms with Crippen LogP contribution in [0.4, 0.5) is 5.13 Å². The van der Waals surface area contributed by atoms with Crippen LogP contribution in [0, 0.1) is 0 Å². The van der Waals surface area contributed by atoms with E-state index < -0.39 is 0 Å². The van der Waals surface area contributed by atoms with Crippen molar-refractivity contribution in [1.29, 1.82) is 0 Å². The summed E-state index contributed by atoms with van der Waals surface area (Å²) in [5, 5.41) is 8.73. The van der Waals surface area contributed by atoms with Gasteiger partial charge < -0.3 is 10.6 Å². The van der Waals surface area contributed by atoms with E-state index in [4.69, 9.17) is 5.73 Å². The van der Waals surface area contributed by atoms with Gasteiger partial charge in [-0.25, -0.2) is 0 Å². The summed E-state index contributed by atoms with van der Waals surface area (Å²) in [6.45, 7) is 4.16. The van der Waals surface area contributed by atoms with Crippen LogP contribution in [0.25, 0.3) is 0 Å². The average molecular weight is 318 g/mol. The van der Waals surface area contributed by atoms with Crippen LogP contribution in [-0.2, 0) is 17.8 Å². The van der Waals surface area contributed by atoms with E-state index in [-0.39, 0.29) is 5.91 Å². The summed E-state index contributed by atoms with van der Waals surface area (Å²) in [4.78, 5) is 20.5. The van der Waals surface area contributed by atoms with Gasteiger partial charge in [0.25, 0.3) is 0 Å². The van der Waals surface area contributed by atoms with Gasteiger partial charge in [-0.15, -0.1) is 10.2 Å². The van der Waals surface area contributed by atoms with Crippen molar-refractivity contribution < 1.29 is 4.79 Å². The number of amides is 1. The number of piperazine rings is 1. The molecule has 0 radical (unpaired) electrons. The maximum Gasteiger partial charge on any atom is 0.229 e. The summed E-state index contributed by atoms with van der Waals surface area (Å²) in [5.74, 6) is 0.0970. The largest absolute Gasteiger partial charge is 0.374 e. The second-order valence-corrected chi connectivity index (χ2v) is 6.32. The number of nitrogens with zero attached hydrogens (tertiary/aromatic N) is 5. The highest BCUT2D eigenvalue weighted by atomic mass is 32.1. The van der Waals surface area contributed by atoms with Crippen molar-refractivity contribution in [3.63, 3.8) is 0 Å². The molecule has 1 aliphatic rings. The minimum absolute atomic E-state index is 0.0970. The molecule has 0 bridgehead atoms. The van der Waals surface area contributed by atoms with E-state index in [1.807, 2.05) is 29.4 Å². The van der Waals surface area contributed by atoms with Gasteiger partial charge >= 0.3 is 0 Å². The molecule has 116 valence electrons. The van der Waals surface area contributed by atoms with Gasteiger partial charge in [-0.2, -0.15) is 0 Å². The average Bonchev–Trinajstić information content (AvgIpc) is 2.94. The number of nitrogens with two attached hydrogens (primary N) is 1. The molecule has 0 saturated carbocycles. The number of nitrogen functional groups attached to an aromatic ring is 1. The predicted molar refractivity (Wildman–Crippen MR) is 84.1 cm³/mol. The molecule has 7 nitrogen and oxygen atoms in total. The third kappa shape index (κ3) is 3.77. The highest BCUT2D eigenvalue weighted by Crippen LogP contribution is 2.14. The Morgan fingerprint density at radius 2 is 1.91 bits per heavy atom. The highest BCUT2D eigenvalue weighted by Gasteiger charge is 2.22. The van der Waals surface area contributed by atoms with Crippen LogP contribution < -0.4 is 5.73 Å². The molecule has 3 rings (SSSR count). The molecular weight excluding hydrogens is 300 g/mol. The van der Waals surface area contributed by atoms with Crippen molar-refractivity contribution in [2.45, 2.75) is 13.0 Å². The van der Waals surface area contributed by atoms with Gasteiger partial charge in [0.15, 0.2) is 0 Å². The van der Waals surface area contributed by atoms with E-state index in [1.54, 1.807) is 0 Å². The lowest BCUT2D eigenvalue weighted by Gasteiger charge is -2.34. The molecule has 3 heterocycles. The number of anilines is 1. The zero-order chi connectivity index (χ0) is 15.4. The first-order valence-electron chi connectivity index (χ1n) is 7.17. The molecule has 0 spiro atoms. The Bertz CT molecular complexity index is 623. The van der Waals surface area contributed by atoms with Crippen LogP contribution in [0.1, 0.15) is 10.6 Å². The Hall–Kier alpha value is -2.06. The molecule has 2 aromatic heterocycles. The number of carbonyl (C=O) groups is 1. The van der Waals surface area contributed by atoms with Crippen molar-refractivity contribution in [2.75, 3.05) is 31.9 Å². The topological polar surface area (TPSA) is 88.2 Å². The van der Waals surface area contributed by atoms with Gasteiger partial charge in [0.1, 0.15) is 5.01 Å². The molecule has 0 aromatic carbocycles. The van der Waals surface area contributed by atoms with E-state index in [9.17, 15) is 4.79 Å². The van der Waals surface area contributed by atoms with Crippen molar-refractivity contribution in [1.82, 2.24) is 25.0 Å². The number of hydrogen-bond acceptors (Lipinski definition) is 7. The Labute approximate surface area is 132 Å². The molecule has 0 atom stereocenters. The maximum absolute atomic E-state index is 12.2. The van der Waals surface area contributed by atoms with Crippen molar-refractivity contribution in [2.24, 2.45) is 0 Å². The second-order valence-electron chi connectivity index (χ2n) is 5.22. The second kappa shape index (κ2) is 6.80. The zero-order valence-electron chi connectivity index (χ0n) is 12.2. The molecule has 1 amide bonds. The first-order chi connectivity index (χ1) is 10.7. The lowest BCUT2D eigenvalue weighted by atomic mass is 10.2. The summed E-state index contributed by atoms with van der Waals surface area (Å²) >= 11 is 1.27. The van der Waals surface area contributed by atoms with Crippen LogP contribution in [0.5, 0.6) is 0 Å². The fourth-order valence-electron chi connectivity index (χ4n) is 2.48. The van der Waals surface area contributed by atoms with E-state index in [2.05, 4.69) is 20.1 Å². The molecule has 0 aliphatic carbocycles. The van der Waals surface area contributed by atoms with Gasteiger partial charge in [-0.3, -0.25) is 14.7 Å². The van der Waals surface area contributed by atoms with E-state index >= 15 is 0 Å². The SMILES string of the molecule is Nc1nnc(CC(=O)N2CCN(Cc3ccncc3)CC2)s1. The van der Waals surface area contributed by atoms with Gasteiger partial charge in [0.05, 0.1) is 6.42 Å². The zero-order valence-corrected chi connectivity index (χ0v) is 13.0. The quantitative estimate of drug-likeness (QED) is 0.878. The van der Waals surface area contributed by atoms with E-state index in [1.165, 1.54) is 16.9 Å². The Morgan fingerprint density at radius 1 is 1.18 bits per heavy atom. The van der Waals surface area contributed by atoms with Gasteiger partial charge in [0.2, 0.25) is 11.0 Å². The van der Waals surface area contributed by atoms with Gasteiger partial charge in [-0.05, 0) is 17.7 Å². The first kappa shape index (κ1) is 14.9. The number of hydrogen-bond donors (Lipinski definition) is 1. The monoisotopic (exact) mass is 318 g/mol. The molecule has 1 saturated heterocycles. The van der Waals surface area contributed by atoms with Crippen molar-refractivity contribution in [3.05, 3.63) is 35.1 Å². The lowest BCUT2D eigenvalue weighted by Crippen LogP contribution is -2.48. The van der Waals surface area contributed by atoms with Crippen molar-refractivity contribution >= 4 is 22.4 Å². The fourth-order valence-corrected chi connectivity index (χ4v) is 3.08. The molecule has 0 unspecified atom stereocenters. The summed E-state index contributed by atoms with van der Waals surface area (Å²) in [7, 11) is 0. The standard InChI is InChI=1S/C14H18N6OS/c15-14-18-17-12(22-14)9-13(21)20-7-5-19(6-8-20)10-11-1-3-16-4-2-11/h1-4H,5-10H2,(H2,15,18). The maximum atomic E-state index is 12.2. The van der Waals surface area contributed by atoms with E-state index in [0.717, 1.165) is 32.7 Å². The molecular formula is C14H18N6OS.